The van der Waals surface area contributed by atoms with Gasteiger partial charge in [0.25, 0.3) is 5.91 Å². The van der Waals surface area contributed by atoms with E-state index in [1.807, 2.05) is 35.7 Å². The molecule has 0 aliphatic carbocycles. The number of benzene rings is 4. The van der Waals surface area contributed by atoms with E-state index in [2.05, 4.69) is 34.7 Å². The van der Waals surface area contributed by atoms with Crippen molar-refractivity contribution in [1.82, 2.24) is 15.6 Å². The molecule has 9 heteroatoms. The van der Waals surface area contributed by atoms with Gasteiger partial charge >= 0.3 is 0 Å². The number of hydrogen-bond acceptors (Lipinski definition) is 5. The van der Waals surface area contributed by atoms with Crippen LogP contribution in [0.25, 0.3) is 22.7 Å². The standard InChI is InChI=1S/C37H34F3N3O2S/c1-2-24-4-3-5-27(14-24)22-41-23-35(44)34(19-28-17-32(39)21-33(40)18-28)43-36(45)29-15-26(7-6-25-8-10-31(38)11-9-25)16-30(20-29)37-42-12-13-46-37/h3-18,20-21,34-35,41,44H,2,19,22-23H2,1H3,(H,43,45)/t34-,35+/m0/s1. The van der Waals surface area contributed by atoms with Gasteiger partial charge in [0.1, 0.15) is 22.5 Å². The van der Waals surface area contributed by atoms with Gasteiger partial charge in [-0.1, -0.05) is 55.5 Å². The van der Waals surface area contributed by atoms with Gasteiger partial charge in [-0.3, -0.25) is 4.79 Å². The number of nitrogens with one attached hydrogen (secondary N) is 2. The Morgan fingerprint density at radius 2 is 1.61 bits per heavy atom. The van der Waals surface area contributed by atoms with Crippen molar-refractivity contribution in [2.75, 3.05) is 6.54 Å². The van der Waals surface area contributed by atoms with Gasteiger partial charge < -0.3 is 15.7 Å². The minimum absolute atomic E-state index is 0.00190. The number of thiazole rings is 1. The molecule has 0 radical (unpaired) electrons. The van der Waals surface area contributed by atoms with Crippen molar-refractivity contribution in [2.45, 2.75) is 38.5 Å². The smallest absolute Gasteiger partial charge is 0.251 e. The van der Waals surface area contributed by atoms with E-state index in [0.29, 0.717) is 28.2 Å². The lowest BCUT2D eigenvalue weighted by atomic mass is 9.99. The van der Waals surface area contributed by atoms with Crippen molar-refractivity contribution < 1.29 is 23.1 Å². The van der Waals surface area contributed by atoms with Crippen LogP contribution >= 0.6 is 11.3 Å². The van der Waals surface area contributed by atoms with Gasteiger partial charge in [0.2, 0.25) is 0 Å². The molecule has 0 fully saturated rings. The number of aromatic nitrogens is 1. The molecule has 1 aromatic heterocycles. The fraction of sp³-hybridized carbons (Fsp3) is 0.189. The summed E-state index contributed by atoms with van der Waals surface area (Å²) in [4.78, 5) is 18.2. The maximum absolute atomic E-state index is 14.1. The van der Waals surface area contributed by atoms with Crippen LogP contribution in [0.3, 0.4) is 0 Å². The number of nitrogens with zero attached hydrogens (tertiary/aromatic N) is 1. The number of aliphatic hydroxyl groups is 1. The van der Waals surface area contributed by atoms with E-state index in [9.17, 15) is 23.1 Å². The maximum atomic E-state index is 14.1. The predicted molar refractivity (Wildman–Crippen MR) is 178 cm³/mol. The van der Waals surface area contributed by atoms with E-state index in [4.69, 9.17) is 0 Å². The SMILES string of the molecule is CCc1cccc(CNC[C@@H](O)[C@H](Cc2cc(F)cc(F)c2)NC(=O)c2cc(C=Cc3ccc(F)cc3)cc(-c3nccs3)c2)c1. The van der Waals surface area contributed by atoms with Gasteiger partial charge in [-0.15, -0.1) is 11.3 Å². The lowest BCUT2D eigenvalue weighted by Crippen LogP contribution is -2.48. The van der Waals surface area contributed by atoms with E-state index >= 15 is 0 Å². The highest BCUT2D eigenvalue weighted by molar-refractivity contribution is 7.13. The molecule has 0 bridgehead atoms. The first-order chi connectivity index (χ1) is 22.2. The molecule has 236 valence electrons. The summed E-state index contributed by atoms with van der Waals surface area (Å²) in [6.07, 6.45) is 5.14. The first kappa shape index (κ1) is 32.8. The third-order valence-electron chi connectivity index (χ3n) is 7.48. The lowest BCUT2D eigenvalue weighted by molar-refractivity contribution is 0.0830. The zero-order valence-electron chi connectivity index (χ0n) is 25.2. The van der Waals surface area contributed by atoms with Crippen molar-refractivity contribution in [2.24, 2.45) is 0 Å². The predicted octanol–water partition coefficient (Wildman–Crippen LogP) is 7.45. The number of carbonyl (C=O) groups excluding carboxylic acids is 1. The number of aliphatic hydroxyl groups excluding tert-OH is 1. The van der Waals surface area contributed by atoms with Crippen LogP contribution in [0.15, 0.2) is 96.5 Å². The second-order valence-corrected chi connectivity index (χ2v) is 11.9. The second-order valence-electron chi connectivity index (χ2n) is 11.0. The van der Waals surface area contributed by atoms with Crippen LogP contribution in [-0.4, -0.2) is 34.7 Å². The van der Waals surface area contributed by atoms with Crippen LogP contribution in [-0.2, 0) is 19.4 Å². The molecule has 5 aromatic rings. The van der Waals surface area contributed by atoms with Crippen LogP contribution in [0.2, 0.25) is 0 Å². The molecule has 0 saturated carbocycles. The molecule has 4 aromatic carbocycles. The summed E-state index contributed by atoms with van der Waals surface area (Å²) in [6, 6.07) is 21.8. The summed E-state index contributed by atoms with van der Waals surface area (Å²) < 4.78 is 41.5. The number of carbonyl (C=O) groups is 1. The van der Waals surface area contributed by atoms with Gasteiger partial charge in [0.15, 0.2) is 0 Å². The first-order valence-corrected chi connectivity index (χ1v) is 15.8. The Balaban J connectivity index is 1.38. The molecule has 5 nitrogen and oxygen atoms in total. The van der Waals surface area contributed by atoms with Gasteiger partial charge in [-0.05, 0) is 83.1 Å². The summed E-state index contributed by atoms with van der Waals surface area (Å²) in [7, 11) is 0. The lowest BCUT2D eigenvalue weighted by Gasteiger charge is -2.25. The monoisotopic (exact) mass is 641 g/mol. The van der Waals surface area contributed by atoms with Crippen molar-refractivity contribution >= 4 is 29.4 Å². The Labute approximate surface area is 270 Å². The Morgan fingerprint density at radius 3 is 2.33 bits per heavy atom. The van der Waals surface area contributed by atoms with Gasteiger partial charge in [-0.25, -0.2) is 18.2 Å². The zero-order valence-corrected chi connectivity index (χ0v) is 26.0. The normalized spacial score (nSPS) is 12.7. The van der Waals surface area contributed by atoms with Crippen molar-refractivity contribution in [3.05, 3.63) is 147 Å². The quantitative estimate of drug-likeness (QED) is 0.117. The van der Waals surface area contributed by atoms with Crippen molar-refractivity contribution in [3.8, 4) is 10.6 Å². The van der Waals surface area contributed by atoms with Crippen molar-refractivity contribution in [1.29, 1.82) is 0 Å². The Kier molecular flexibility index (Phi) is 11.1. The largest absolute Gasteiger partial charge is 0.390 e. The van der Waals surface area contributed by atoms with Crippen LogP contribution in [0, 0.1) is 17.5 Å². The number of hydrogen-bond donors (Lipinski definition) is 3. The highest BCUT2D eigenvalue weighted by Crippen LogP contribution is 2.26. The minimum atomic E-state index is -1.08. The van der Waals surface area contributed by atoms with E-state index in [-0.39, 0.29) is 18.8 Å². The Hall–Kier alpha value is -4.57. The summed E-state index contributed by atoms with van der Waals surface area (Å²) in [6.45, 7) is 2.71. The third-order valence-corrected chi connectivity index (χ3v) is 8.30. The summed E-state index contributed by atoms with van der Waals surface area (Å²) >= 11 is 1.43. The van der Waals surface area contributed by atoms with E-state index in [1.165, 1.54) is 41.2 Å². The molecular weight excluding hydrogens is 607 g/mol. The summed E-state index contributed by atoms with van der Waals surface area (Å²) in [5.41, 5.74) is 5.09. The molecule has 46 heavy (non-hydrogen) atoms. The van der Waals surface area contributed by atoms with Crippen LogP contribution in [0.4, 0.5) is 13.2 Å². The van der Waals surface area contributed by atoms with E-state index in [1.54, 1.807) is 30.5 Å². The summed E-state index contributed by atoms with van der Waals surface area (Å²) in [5.74, 6) is -2.28. The van der Waals surface area contributed by atoms with Gasteiger partial charge in [0.05, 0.1) is 12.1 Å². The number of rotatable bonds is 13. The molecule has 0 spiro atoms. The first-order valence-electron chi connectivity index (χ1n) is 15.0. The van der Waals surface area contributed by atoms with Gasteiger partial charge in [-0.2, -0.15) is 0 Å². The average molecular weight is 642 g/mol. The fourth-order valence-corrected chi connectivity index (χ4v) is 5.74. The molecule has 0 aliphatic rings. The molecule has 0 saturated heterocycles. The maximum Gasteiger partial charge on any atom is 0.251 e. The molecule has 2 atom stereocenters. The van der Waals surface area contributed by atoms with Crippen LogP contribution in [0.1, 0.15) is 45.1 Å². The Bertz CT molecular complexity index is 1770. The van der Waals surface area contributed by atoms with Crippen molar-refractivity contribution in [3.63, 3.8) is 0 Å². The number of amides is 1. The zero-order chi connectivity index (χ0) is 32.5. The molecule has 5 rings (SSSR count). The molecule has 0 unspecified atom stereocenters. The summed E-state index contributed by atoms with van der Waals surface area (Å²) in [5, 5.41) is 20.0. The molecule has 0 aliphatic heterocycles. The van der Waals surface area contributed by atoms with Crippen LogP contribution in [0.5, 0.6) is 0 Å². The number of halogens is 3. The average Bonchev–Trinajstić information content (AvgIpc) is 3.59. The third kappa shape index (κ3) is 9.23. The van der Waals surface area contributed by atoms with Gasteiger partial charge in [0, 0.05) is 41.9 Å². The molecule has 1 heterocycles. The van der Waals surface area contributed by atoms with Crippen LogP contribution < -0.4 is 10.6 Å². The van der Waals surface area contributed by atoms with E-state index in [0.717, 1.165) is 29.2 Å². The topological polar surface area (TPSA) is 74.2 Å². The number of aryl methyl sites for hydroxylation is 1. The second kappa shape index (κ2) is 15.6. The molecular formula is C37H34F3N3O2S. The fourth-order valence-electron chi connectivity index (χ4n) is 5.12. The molecule has 1 amide bonds. The molecule has 3 N–H and O–H groups in total. The highest BCUT2D eigenvalue weighted by Gasteiger charge is 2.24. The van der Waals surface area contributed by atoms with E-state index < -0.39 is 29.7 Å². The Morgan fingerprint density at radius 1 is 0.870 bits per heavy atom. The highest BCUT2D eigenvalue weighted by atomic mass is 32.1. The minimum Gasteiger partial charge on any atom is -0.390 e.